The fourth-order valence-corrected chi connectivity index (χ4v) is 3.36. The SMILES string of the molecule is Cc1ccnc(Oc2ccc(NC(=O)[C@H]3CNC[C@@H]3c3cnn(C)c3)cc2)n1.Cl. The van der Waals surface area contributed by atoms with Crippen molar-refractivity contribution in [3.8, 4) is 11.8 Å². The Morgan fingerprint density at radius 3 is 2.72 bits per heavy atom. The summed E-state index contributed by atoms with van der Waals surface area (Å²) in [6.45, 7) is 3.30. The van der Waals surface area contributed by atoms with Crippen LogP contribution in [0.5, 0.6) is 11.8 Å². The molecule has 152 valence electrons. The highest BCUT2D eigenvalue weighted by Gasteiger charge is 2.34. The summed E-state index contributed by atoms with van der Waals surface area (Å²) in [5, 5.41) is 10.5. The Hall–Kier alpha value is -2.97. The molecule has 0 aliphatic carbocycles. The summed E-state index contributed by atoms with van der Waals surface area (Å²) in [7, 11) is 1.88. The number of anilines is 1. The Kier molecular flexibility index (Phi) is 6.46. The summed E-state index contributed by atoms with van der Waals surface area (Å²) in [5.41, 5.74) is 2.64. The van der Waals surface area contributed by atoms with Crippen molar-refractivity contribution >= 4 is 24.0 Å². The third kappa shape index (κ3) is 4.90. The van der Waals surface area contributed by atoms with Crippen molar-refractivity contribution in [1.29, 1.82) is 0 Å². The van der Waals surface area contributed by atoms with Gasteiger partial charge in [0.2, 0.25) is 5.91 Å². The molecule has 0 spiro atoms. The lowest BCUT2D eigenvalue weighted by Crippen LogP contribution is -2.28. The molecule has 0 saturated carbocycles. The predicted molar refractivity (Wildman–Crippen MR) is 111 cm³/mol. The fourth-order valence-electron chi connectivity index (χ4n) is 3.36. The predicted octanol–water partition coefficient (Wildman–Crippen LogP) is 2.67. The lowest BCUT2D eigenvalue weighted by Gasteiger charge is -2.17. The van der Waals surface area contributed by atoms with Crippen LogP contribution in [-0.2, 0) is 11.8 Å². The molecule has 8 nitrogen and oxygen atoms in total. The molecule has 1 aromatic carbocycles. The van der Waals surface area contributed by atoms with Crippen LogP contribution in [0.1, 0.15) is 17.2 Å². The van der Waals surface area contributed by atoms with Gasteiger partial charge in [-0.3, -0.25) is 9.48 Å². The Bertz CT molecular complexity index is 975. The molecule has 1 aliphatic heterocycles. The minimum absolute atomic E-state index is 0. The highest BCUT2D eigenvalue weighted by molar-refractivity contribution is 5.93. The first-order valence-corrected chi connectivity index (χ1v) is 9.16. The van der Waals surface area contributed by atoms with Gasteiger partial charge in [0.05, 0.1) is 12.1 Å². The number of nitrogens with zero attached hydrogens (tertiary/aromatic N) is 4. The molecule has 3 aromatic rings. The number of rotatable bonds is 5. The van der Waals surface area contributed by atoms with E-state index in [0.717, 1.165) is 23.5 Å². The zero-order chi connectivity index (χ0) is 19.5. The normalized spacial score (nSPS) is 18.1. The third-order valence-corrected chi connectivity index (χ3v) is 4.81. The Morgan fingerprint density at radius 1 is 1.24 bits per heavy atom. The number of aromatic nitrogens is 4. The van der Waals surface area contributed by atoms with Crippen molar-refractivity contribution in [2.24, 2.45) is 13.0 Å². The van der Waals surface area contributed by atoms with E-state index >= 15 is 0 Å². The monoisotopic (exact) mass is 414 g/mol. The lowest BCUT2D eigenvalue weighted by atomic mass is 9.90. The zero-order valence-corrected chi connectivity index (χ0v) is 17.0. The van der Waals surface area contributed by atoms with E-state index in [4.69, 9.17) is 4.74 Å². The molecule has 2 N–H and O–H groups in total. The number of ether oxygens (including phenoxy) is 1. The third-order valence-electron chi connectivity index (χ3n) is 4.81. The summed E-state index contributed by atoms with van der Waals surface area (Å²) in [6.07, 6.45) is 5.45. The maximum Gasteiger partial charge on any atom is 0.322 e. The highest BCUT2D eigenvalue weighted by Crippen LogP contribution is 2.29. The van der Waals surface area contributed by atoms with Gasteiger partial charge in [0.1, 0.15) is 5.75 Å². The van der Waals surface area contributed by atoms with E-state index in [-0.39, 0.29) is 30.2 Å². The quantitative estimate of drug-likeness (QED) is 0.666. The summed E-state index contributed by atoms with van der Waals surface area (Å²) >= 11 is 0. The van der Waals surface area contributed by atoms with Crippen molar-refractivity contribution in [2.45, 2.75) is 12.8 Å². The molecule has 1 saturated heterocycles. The number of nitrogens with one attached hydrogen (secondary N) is 2. The van der Waals surface area contributed by atoms with E-state index in [1.165, 1.54) is 0 Å². The second-order valence-electron chi connectivity index (χ2n) is 6.91. The van der Waals surface area contributed by atoms with Gasteiger partial charge in [-0.05, 0) is 42.8 Å². The maximum atomic E-state index is 12.8. The van der Waals surface area contributed by atoms with Crippen LogP contribution in [0.25, 0.3) is 0 Å². The van der Waals surface area contributed by atoms with E-state index in [1.807, 2.05) is 44.6 Å². The molecule has 0 unspecified atom stereocenters. The molecule has 1 aliphatic rings. The van der Waals surface area contributed by atoms with Crippen molar-refractivity contribution in [3.63, 3.8) is 0 Å². The van der Waals surface area contributed by atoms with E-state index < -0.39 is 0 Å². The zero-order valence-electron chi connectivity index (χ0n) is 16.2. The van der Waals surface area contributed by atoms with Crippen LogP contribution in [0.15, 0.2) is 48.9 Å². The molecule has 29 heavy (non-hydrogen) atoms. The molecule has 2 atom stereocenters. The van der Waals surface area contributed by atoms with Crippen LogP contribution in [0, 0.1) is 12.8 Å². The van der Waals surface area contributed by atoms with Gasteiger partial charge in [-0.2, -0.15) is 5.10 Å². The van der Waals surface area contributed by atoms with Gasteiger partial charge < -0.3 is 15.4 Å². The molecule has 4 rings (SSSR count). The molecule has 2 aromatic heterocycles. The summed E-state index contributed by atoms with van der Waals surface area (Å²) < 4.78 is 7.41. The second kappa shape index (κ2) is 9.02. The molecular weight excluding hydrogens is 392 g/mol. The van der Waals surface area contributed by atoms with E-state index in [0.29, 0.717) is 18.3 Å². The van der Waals surface area contributed by atoms with Crippen LogP contribution in [0.4, 0.5) is 5.69 Å². The number of amides is 1. The van der Waals surface area contributed by atoms with Crippen LogP contribution >= 0.6 is 12.4 Å². The number of halogens is 1. The Labute approximate surface area is 175 Å². The van der Waals surface area contributed by atoms with Gasteiger partial charge in [0, 0.05) is 49.8 Å². The maximum absolute atomic E-state index is 12.8. The van der Waals surface area contributed by atoms with Gasteiger partial charge in [-0.25, -0.2) is 9.97 Å². The average Bonchev–Trinajstić information content (AvgIpc) is 3.32. The molecule has 0 radical (unpaired) electrons. The van der Waals surface area contributed by atoms with Gasteiger partial charge in [0.25, 0.3) is 0 Å². The number of hydrogen-bond donors (Lipinski definition) is 2. The highest BCUT2D eigenvalue weighted by atomic mass is 35.5. The molecule has 0 bridgehead atoms. The molecule has 3 heterocycles. The first kappa shape index (κ1) is 20.8. The van der Waals surface area contributed by atoms with Crippen LogP contribution in [-0.4, -0.2) is 38.7 Å². The van der Waals surface area contributed by atoms with Gasteiger partial charge in [-0.15, -0.1) is 12.4 Å². The largest absolute Gasteiger partial charge is 0.424 e. The number of aryl methyl sites for hydroxylation is 2. The molecule has 1 amide bonds. The van der Waals surface area contributed by atoms with Gasteiger partial charge in [-0.1, -0.05) is 0 Å². The standard InChI is InChI=1S/C20H22N6O2.ClH/c1-13-7-8-22-20(24-13)28-16-5-3-15(4-6-16)25-19(27)18-11-21-10-17(18)14-9-23-26(2)12-14;/h3-9,12,17-18,21H,10-11H2,1-2H3,(H,25,27);1H/t17-,18+;/m1./s1. The molecular formula is C20H23ClN6O2. The first-order chi connectivity index (χ1) is 13.6. The van der Waals surface area contributed by atoms with Crippen LogP contribution in [0.3, 0.4) is 0 Å². The van der Waals surface area contributed by atoms with Crippen molar-refractivity contribution in [2.75, 3.05) is 18.4 Å². The minimum atomic E-state index is -0.138. The molecule has 9 heteroatoms. The fraction of sp³-hybridized carbons (Fsp3) is 0.300. The summed E-state index contributed by atoms with van der Waals surface area (Å²) in [4.78, 5) is 21.1. The first-order valence-electron chi connectivity index (χ1n) is 9.16. The topological polar surface area (TPSA) is 94.0 Å². The number of benzene rings is 1. The van der Waals surface area contributed by atoms with E-state index in [2.05, 4.69) is 25.7 Å². The van der Waals surface area contributed by atoms with Crippen LogP contribution < -0.4 is 15.4 Å². The number of carbonyl (C=O) groups excluding carboxylic acids is 1. The minimum Gasteiger partial charge on any atom is -0.424 e. The Morgan fingerprint density at radius 2 is 2.03 bits per heavy atom. The number of carbonyl (C=O) groups is 1. The Balaban J connectivity index is 0.00000240. The van der Waals surface area contributed by atoms with Crippen molar-refractivity contribution in [3.05, 3.63) is 60.2 Å². The lowest BCUT2D eigenvalue weighted by molar-refractivity contribution is -0.119. The van der Waals surface area contributed by atoms with Crippen LogP contribution in [0.2, 0.25) is 0 Å². The van der Waals surface area contributed by atoms with Gasteiger partial charge >= 0.3 is 6.01 Å². The van der Waals surface area contributed by atoms with E-state index in [1.54, 1.807) is 23.0 Å². The second-order valence-corrected chi connectivity index (χ2v) is 6.91. The number of hydrogen-bond acceptors (Lipinski definition) is 6. The average molecular weight is 415 g/mol. The molecule has 1 fully saturated rings. The van der Waals surface area contributed by atoms with Gasteiger partial charge in [0.15, 0.2) is 0 Å². The van der Waals surface area contributed by atoms with Crippen molar-refractivity contribution in [1.82, 2.24) is 25.1 Å². The summed E-state index contributed by atoms with van der Waals surface area (Å²) in [6, 6.07) is 9.30. The summed E-state index contributed by atoms with van der Waals surface area (Å²) in [5.74, 6) is 0.588. The van der Waals surface area contributed by atoms with E-state index in [9.17, 15) is 4.79 Å². The smallest absolute Gasteiger partial charge is 0.322 e. The van der Waals surface area contributed by atoms with Crippen molar-refractivity contribution < 1.29 is 9.53 Å².